The second kappa shape index (κ2) is 12.7. The number of anilines is 2. The molecule has 0 amide bonds. The maximum absolute atomic E-state index is 4.32. The zero-order chi connectivity index (χ0) is 38.6. The molecular formula is C56H41N3. The first-order valence-corrected chi connectivity index (χ1v) is 21.2. The molecular weight excluding hydrogens is 715 g/mol. The fraction of sp³-hybridized carbons (Fsp3) is 0.107. The maximum atomic E-state index is 4.32. The Hall–Kier alpha value is -7.10. The monoisotopic (exact) mass is 755 g/mol. The minimum atomic E-state index is -0.184. The highest BCUT2D eigenvalue weighted by Gasteiger charge is 2.40. The van der Waals surface area contributed by atoms with Gasteiger partial charge in [0.25, 0.3) is 0 Å². The summed E-state index contributed by atoms with van der Waals surface area (Å²) in [5, 5.41) is 16.2. The van der Waals surface area contributed by atoms with Crippen molar-refractivity contribution in [3.8, 4) is 11.1 Å². The predicted molar refractivity (Wildman–Crippen MR) is 249 cm³/mol. The van der Waals surface area contributed by atoms with Gasteiger partial charge >= 0.3 is 0 Å². The fourth-order valence-corrected chi connectivity index (χ4v) is 11.0. The molecule has 0 fully saturated rings. The maximum Gasteiger partial charge on any atom is 0.129 e. The molecule has 4 unspecified atom stereocenters. The predicted octanol–water partition coefficient (Wildman–Crippen LogP) is 14.4. The molecule has 280 valence electrons. The Bertz CT molecular complexity index is 3280. The second-order valence-electron chi connectivity index (χ2n) is 16.7. The number of hydrogen-bond acceptors (Lipinski definition) is 2. The van der Waals surface area contributed by atoms with Crippen LogP contribution in [0, 0.1) is 11.8 Å². The van der Waals surface area contributed by atoms with E-state index in [2.05, 4.69) is 203 Å². The van der Waals surface area contributed by atoms with E-state index in [-0.39, 0.29) is 18.1 Å². The molecule has 59 heavy (non-hydrogen) atoms. The van der Waals surface area contributed by atoms with Crippen LogP contribution in [-0.2, 0) is 0 Å². The fourth-order valence-electron chi connectivity index (χ4n) is 11.0. The van der Waals surface area contributed by atoms with E-state index in [4.69, 9.17) is 0 Å². The molecule has 2 heterocycles. The summed E-state index contributed by atoms with van der Waals surface area (Å²) in [6, 6.07) is 49.7. The molecule has 4 atom stereocenters. The molecule has 5 aliphatic rings. The van der Waals surface area contributed by atoms with Crippen LogP contribution in [0.15, 0.2) is 188 Å². The summed E-state index contributed by atoms with van der Waals surface area (Å²) in [6.07, 6.45) is 23.3. The molecule has 3 nitrogen and oxygen atoms in total. The molecule has 1 aromatic heterocycles. The molecule has 4 aliphatic carbocycles. The molecule has 0 saturated heterocycles. The van der Waals surface area contributed by atoms with Gasteiger partial charge in [-0.15, -0.1) is 0 Å². The first-order chi connectivity index (χ1) is 29.3. The van der Waals surface area contributed by atoms with Crippen molar-refractivity contribution in [1.29, 1.82) is 0 Å². The average Bonchev–Trinajstić information content (AvgIpc) is 3.59. The van der Waals surface area contributed by atoms with E-state index >= 15 is 0 Å². The van der Waals surface area contributed by atoms with Crippen LogP contribution < -0.4 is 10.6 Å². The first kappa shape index (κ1) is 32.9. The van der Waals surface area contributed by atoms with Gasteiger partial charge in [-0.05, 0) is 98.0 Å². The minimum absolute atomic E-state index is 0.0921. The van der Waals surface area contributed by atoms with Crippen LogP contribution in [0.25, 0.3) is 71.2 Å². The average molecular weight is 756 g/mol. The number of nitrogens with zero attached hydrogens (tertiary/aromatic N) is 1. The van der Waals surface area contributed by atoms with Crippen molar-refractivity contribution in [2.24, 2.45) is 11.8 Å². The van der Waals surface area contributed by atoms with Crippen molar-refractivity contribution >= 4 is 71.4 Å². The Balaban J connectivity index is 1.19. The van der Waals surface area contributed by atoms with Crippen molar-refractivity contribution in [3.05, 3.63) is 210 Å². The topological polar surface area (TPSA) is 29.0 Å². The Morgan fingerprint density at radius 1 is 0.525 bits per heavy atom. The lowest BCUT2D eigenvalue weighted by atomic mass is 9.71. The SMILES string of the molecule is C1=CC2C=CC=C3c4cc(-c5ccccc5)cc5c4c4c(cc(C6=CCCC=C6)cc4n5C4Nc5c(c6ccccc6c6ccccc56)NC4c4ccccc4)C(=C1)C32. The van der Waals surface area contributed by atoms with Gasteiger partial charge in [-0.2, -0.15) is 0 Å². The molecule has 7 aromatic carbocycles. The van der Waals surface area contributed by atoms with E-state index < -0.39 is 0 Å². The highest BCUT2D eigenvalue weighted by molar-refractivity contribution is 6.23. The van der Waals surface area contributed by atoms with Crippen LogP contribution in [-0.4, -0.2) is 4.57 Å². The normalized spacial score (nSPS) is 21.1. The third-order valence-corrected chi connectivity index (χ3v) is 13.6. The van der Waals surface area contributed by atoms with Crippen molar-refractivity contribution in [1.82, 2.24) is 4.57 Å². The second-order valence-corrected chi connectivity index (χ2v) is 16.7. The Labute approximate surface area is 343 Å². The lowest BCUT2D eigenvalue weighted by Gasteiger charge is -2.39. The molecule has 3 heteroatoms. The van der Waals surface area contributed by atoms with Crippen LogP contribution in [0.5, 0.6) is 0 Å². The number of aromatic nitrogens is 1. The van der Waals surface area contributed by atoms with E-state index in [1.54, 1.807) is 0 Å². The third-order valence-electron chi connectivity index (χ3n) is 13.6. The molecule has 1 aliphatic heterocycles. The summed E-state index contributed by atoms with van der Waals surface area (Å²) in [6.45, 7) is 0. The number of allylic oxidation sites excluding steroid dienone is 12. The molecule has 8 aromatic rings. The third kappa shape index (κ3) is 4.82. The molecule has 0 radical (unpaired) electrons. The smallest absolute Gasteiger partial charge is 0.129 e. The van der Waals surface area contributed by atoms with E-state index in [9.17, 15) is 0 Å². The van der Waals surface area contributed by atoms with E-state index in [0.29, 0.717) is 5.92 Å². The van der Waals surface area contributed by atoms with Crippen LogP contribution >= 0.6 is 0 Å². The van der Waals surface area contributed by atoms with E-state index in [0.717, 1.165) is 24.2 Å². The summed E-state index contributed by atoms with van der Waals surface area (Å²) in [7, 11) is 0. The minimum Gasteiger partial charge on any atom is -0.372 e. The summed E-state index contributed by atoms with van der Waals surface area (Å²) in [5.74, 6) is 0.549. The number of benzene rings is 7. The summed E-state index contributed by atoms with van der Waals surface area (Å²) < 4.78 is 2.68. The molecule has 2 N–H and O–H groups in total. The molecule has 13 rings (SSSR count). The van der Waals surface area contributed by atoms with Gasteiger partial charge in [-0.1, -0.05) is 164 Å². The van der Waals surface area contributed by atoms with Crippen LogP contribution in [0.1, 0.15) is 47.3 Å². The number of hydrogen-bond donors (Lipinski definition) is 2. The summed E-state index contributed by atoms with van der Waals surface area (Å²) in [4.78, 5) is 0. The van der Waals surface area contributed by atoms with Gasteiger partial charge in [0.2, 0.25) is 0 Å². The Kier molecular flexibility index (Phi) is 7.09. The zero-order valence-electron chi connectivity index (χ0n) is 32.6. The number of rotatable bonds is 4. The van der Waals surface area contributed by atoms with Gasteiger partial charge in [0.05, 0.1) is 28.5 Å². The van der Waals surface area contributed by atoms with Crippen LogP contribution in [0.3, 0.4) is 0 Å². The van der Waals surface area contributed by atoms with Gasteiger partial charge in [-0.25, -0.2) is 0 Å². The standard InChI is InChI=1S/C56H41N3/c1-4-16-34(17-5-1)38-30-46-42-28-14-22-36-23-15-29-43(50(36)42)47-31-39(35-18-6-2-7-19-35)33-49-52(47)51(46)48(32-38)59(49)56-53(37-20-8-3-9-21-37)57-54-44-26-12-10-24-40(44)41-25-11-13-27-45(41)55(54)58-56/h1,3-6,8-33,36,50,53,56-58H,2,7H2. The first-order valence-electron chi connectivity index (χ1n) is 21.2. The summed E-state index contributed by atoms with van der Waals surface area (Å²) in [5.41, 5.74) is 16.6. The molecule has 0 spiro atoms. The van der Waals surface area contributed by atoms with Gasteiger partial charge in [0.1, 0.15) is 6.17 Å². The number of fused-ring (bicyclic) bond motifs is 8. The van der Waals surface area contributed by atoms with Gasteiger partial charge in [0, 0.05) is 33.4 Å². The van der Waals surface area contributed by atoms with Crippen LogP contribution in [0.4, 0.5) is 11.4 Å². The van der Waals surface area contributed by atoms with Crippen molar-refractivity contribution < 1.29 is 0 Å². The highest BCUT2D eigenvalue weighted by Crippen LogP contribution is 2.56. The molecule has 0 saturated carbocycles. The summed E-state index contributed by atoms with van der Waals surface area (Å²) >= 11 is 0. The zero-order valence-corrected chi connectivity index (χ0v) is 32.6. The van der Waals surface area contributed by atoms with Gasteiger partial charge in [0.15, 0.2) is 0 Å². The van der Waals surface area contributed by atoms with Crippen LogP contribution in [0.2, 0.25) is 0 Å². The Morgan fingerprint density at radius 2 is 1.10 bits per heavy atom. The van der Waals surface area contributed by atoms with Crippen molar-refractivity contribution in [3.63, 3.8) is 0 Å². The van der Waals surface area contributed by atoms with E-state index in [1.165, 1.54) is 93.5 Å². The quantitative estimate of drug-likeness (QED) is 0.175. The lowest BCUT2D eigenvalue weighted by Crippen LogP contribution is -2.34. The highest BCUT2D eigenvalue weighted by atomic mass is 15.3. The van der Waals surface area contributed by atoms with Crippen molar-refractivity contribution in [2.75, 3.05) is 10.6 Å². The Morgan fingerprint density at radius 3 is 1.75 bits per heavy atom. The van der Waals surface area contributed by atoms with E-state index in [1.807, 2.05) is 0 Å². The van der Waals surface area contributed by atoms with Gasteiger partial charge in [-0.3, -0.25) is 0 Å². The lowest BCUT2D eigenvalue weighted by molar-refractivity contribution is 0.507. The van der Waals surface area contributed by atoms with Crippen molar-refractivity contribution in [2.45, 2.75) is 25.0 Å². The molecule has 0 bridgehead atoms. The number of nitrogens with one attached hydrogen (secondary N) is 2. The largest absolute Gasteiger partial charge is 0.372 e. The van der Waals surface area contributed by atoms with Gasteiger partial charge < -0.3 is 15.2 Å².